The zero-order valence-corrected chi connectivity index (χ0v) is 10.0. The van der Waals surface area contributed by atoms with Crippen molar-refractivity contribution in [1.29, 1.82) is 0 Å². The summed E-state index contributed by atoms with van der Waals surface area (Å²) in [5.74, 6) is 5.09. The van der Waals surface area contributed by atoms with Gasteiger partial charge in [-0.1, -0.05) is 23.2 Å². The Morgan fingerprint density at radius 2 is 2.31 bits per heavy atom. The van der Waals surface area contributed by atoms with Crippen LogP contribution in [0.4, 0.5) is 4.39 Å². The number of hydrogen-bond donors (Lipinski definition) is 2. The van der Waals surface area contributed by atoms with Gasteiger partial charge >= 0.3 is 0 Å². The van der Waals surface area contributed by atoms with Crippen LogP contribution < -0.4 is 11.3 Å². The fourth-order valence-electron chi connectivity index (χ4n) is 1.55. The predicted molar refractivity (Wildman–Crippen MR) is 65.5 cm³/mol. The van der Waals surface area contributed by atoms with Crippen molar-refractivity contribution >= 4 is 11.6 Å². The lowest BCUT2D eigenvalue weighted by Gasteiger charge is -2.18. The van der Waals surface area contributed by atoms with E-state index in [1.165, 1.54) is 6.07 Å². The van der Waals surface area contributed by atoms with Crippen LogP contribution in [0.25, 0.3) is 0 Å². The molecular formula is C12H16ClFN2. The second-order valence-corrected chi connectivity index (χ2v) is 4.26. The highest BCUT2D eigenvalue weighted by Crippen LogP contribution is 2.28. The van der Waals surface area contributed by atoms with Crippen LogP contribution in [0.5, 0.6) is 0 Å². The van der Waals surface area contributed by atoms with Crippen LogP contribution >= 0.6 is 11.6 Å². The summed E-state index contributed by atoms with van der Waals surface area (Å²) >= 11 is 5.96. The fraction of sp³-hybridized carbons (Fsp3) is 0.333. The minimum absolute atomic E-state index is 0.287. The Balaban J connectivity index is 2.90. The molecule has 0 spiro atoms. The lowest BCUT2D eigenvalue weighted by molar-refractivity contribution is 0.485. The lowest BCUT2D eigenvalue weighted by atomic mass is 10.00. The molecule has 0 radical (unpaired) electrons. The van der Waals surface area contributed by atoms with Crippen molar-refractivity contribution in [2.75, 3.05) is 0 Å². The van der Waals surface area contributed by atoms with E-state index in [1.54, 1.807) is 12.1 Å². The Kier molecular flexibility index (Phi) is 4.93. The van der Waals surface area contributed by atoms with E-state index < -0.39 is 0 Å². The van der Waals surface area contributed by atoms with Gasteiger partial charge in [0.1, 0.15) is 5.82 Å². The van der Waals surface area contributed by atoms with Gasteiger partial charge in [0, 0.05) is 10.6 Å². The van der Waals surface area contributed by atoms with Crippen LogP contribution in [0.1, 0.15) is 31.4 Å². The molecule has 0 saturated carbocycles. The maximum absolute atomic E-state index is 13.6. The summed E-state index contributed by atoms with van der Waals surface area (Å²) in [6.45, 7) is 5.73. The van der Waals surface area contributed by atoms with Gasteiger partial charge in [0.05, 0.1) is 6.04 Å². The summed E-state index contributed by atoms with van der Waals surface area (Å²) in [6, 6.07) is 4.33. The van der Waals surface area contributed by atoms with Gasteiger partial charge in [0.15, 0.2) is 0 Å². The largest absolute Gasteiger partial charge is 0.271 e. The van der Waals surface area contributed by atoms with Crippen LogP contribution in [0.15, 0.2) is 30.4 Å². The number of hydrazine groups is 1. The zero-order valence-electron chi connectivity index (χ0n) is 9.26. The van der Waals surface area contributed by atoms with Gasteiger partial charge in [0.25, 0.3) is 0 Å². The first-order valence-electron chi connectivity index (χ1n) is 5.10. The molecule has 4 heteroatoms. The topological polar surface area (TPSA) is 38.0 Å². The van der Waals surface area contributed by atoms with Crippen LogP contribution in [0.3, 0.4) is 0 Å². The first kappa shape index (κ1) is 13.2. The van der Waals surface area contributed by atoms with E-state index in [4.69, 9.17) is 17.4 Å². The second-order valence-electron chi connectivity index (χ2n) is 3.85. The molecular weight excluding hydrogens is 227 g/mol. The second kappa shape index (κ2) is 5.99. The van der Waals surface area contributed by atoms with Crippen molar-refractivity contribution in [1.82, 2.24) is 5.43 Å². The van der Waals surface area contributed by atoms with E-state index in [-0.39, 0.29) is 11.9 Å². The molecule has 0 aliphatic carbocycles. The van der Waals surface area contributed by atoms with Gasteiger partial charge in [-0.25, -0.2) is 4.39 Å². The molecule has 16 heavy (non-hydrogen) atoms. The summed E-state index contributed by atoms with van der Waals surface area (Å²) in [7, 11) is 0. The quantitative estimate of drug-likeness (QED) is 0.472. The van der Waals surface area contributed by atoms with Gasteiger partial charge in [-0.15, -0.1) is 6.58 Å². The normalized spacial score (nSPS) is 12.5. The maximum atomic E-state index is 13.6. The van der Waals surface area contributed by atoms with Crippen LogP contribution in [-0.2, 0) is 0 Å². The highest BCUT2D eigenvalue weighted by Gasteiger charge is 2.17. The van der Waals surface area contributed by atoms with Crippen molar-refractivity contribution in [3.8, 4) is 0 Å². The highest BCUT2D eigenvalue weighted by molar-refractivity contribution is 6.31. The van der Waals surface area contributed by atoms with Crippen LogP contribution in [-0.4, -0.2) is 0 Å². The molecule has 0 fully saturated rings. The van der Waals surface area contributed by atoms with Crippen molar-refractivity contribution in [2.24, 2.45) is 5.84 Å². The third-order valence-electron chi connectivity index (χ3n) is 2.41. The Morgan fingerprint density at radius 1 is 1.62 bits per heavy atom. The number of nitrogens with two attached hydrogens (primary N) is 1. The van der Waals surface area contributed by atoms with E-state index in [9.17, 15) is 4.39 Å². The van der Waals surface area contributed by atoms with E-state index in [0.29, 0.717) is 17.0 Å². The van der Waals surface area contributed by atoms with Crippen molar-refractivity contribution in [2.45, 2.75) is 25.8 Å². The molecule has 0 bridgehead atoms. The zero-order chi connectivity index (χ0) is 12.1. The van der Waals surface area contributed by atoms with E-state index in [2.05, 4.69) is 12.0 Å². The summed E-state index contributed by atoms with van der Waals surface area (Å²) in [5, 5.41) is 0.393. The number of benzene rings is 1. The average Bonchev–Trinajstić information content (AvgIpc) is 2.22. The summed E-state index contributed by atoms with van der Waals surface area (Å²) in [5.41, 5.74) is 4.05. The van der Waals surface area contributed by atoms with E-state index in [1.807, 2.05) is 6.92 Å². The van der Waals surface area contributed by atoms with Gasteiger partial charge < -0.3 is 0 Å². The Morgan fingerprint density at radius 3 is 2.81 bits per heavy atom. The number of halogens is 2. The number of nitrogens with one attached hydrogen (secondary N) is 1. The first-order valence-corrected chi connectivity index (χ1v) is 5.48. The third-order valence-corrected chi connectivity index (χ3v) is 2.74. The molecule has 0 heterocycles. The molecule has 0 aromatic heterocycles. The van der Waals surface area contributed by atoms with Gasteiger partial charge in [-0.05, 0) is 31.9 Å². The van der Waals surface area contributed by atoms with Gasteiger partial charge in [0.2, 0.25) is 0 Å². The predicted octanol–water partition coefficient (Wildman–Crippen LogP) is 3.34. The van der Waals surface area contributed by atoms with E-state index >= 15 is 0 Å². The van der Waals surface area contributed by atoms with Crippen molar-refractivity contribution in [3.05, 3.63) is 46.8 Å². The molecule has 1 aromatic carbocycles. The maximum Gasteiger partial charge on any atom is 0.129 e. The molecule has 88 valence electrons. The van der Waals surface area contributed by atoms with Gasteiger partial charge in [-0.2, -0.15) is 0 Å². The SMILES string of the molecule is C=C(C)CCC(NN)c1c(F)cccc1Cl. The molecule has 1 aromatic rings. The summed E-state index contributed by atoms with van der Waals surface area (Å²) in [6.07, 6.45) is 1.45. The molecule has 2 nitrogen and oxygen atoms in total. The minimum Gasteiger partial charge on any atom is -0.271 e. The van der Waals surface area contributed by atoms with Crippen LogP contribution in [0.2, 0.25) is 5.02 Å². The third kappa shape index (κ3) is 3.30. The van der Waals surface area contributed by atoms with Crippen molar-refractivity contribution in [3.63, 3.8) is 0 Å². The Hall–Kier alpha value is -0.900. The van der Waals surface area contributed by atoms with Gasteiger partial charge in [-0.3, -0.25) is 11.3 Å². The molecule has 1 unspecified atom stereocenters. The molecule has 1 rings (SSSR count). The molecule has 0 aliphatic rings. The monoisotopic (exact) mass is 242 g/mol. The number of rotatable bonds is 5. The fourth-order valence-corrected chi connectivity index (χ4v) is 1.84. The molecule has 0 aliphatic heterocycles. The van der Waals surface area contributed by atoms with E-state index in [0.717, 1.165) is 12.0 Å². The molecule has 0 amide bonds. The number of hydrogen-bond acceptors (Lipinski definition) is 2. The molecule has 3 N–H and O–H groups in total. The smallest absolute Gasteiger partial charge is 0.129 e. The highest BCUT2D eigenvalue weighted by atomic mass is 35.5. The summed E-state index contributed by atoms with van der Waals surface area (Å²) < 4.78 is 13.6. The molecule has 0 saturated heterocycles. The lowest BCUT2D eigenvalue weighted by Crippen LogP contribution is -2.29. The number of allylic oxidation sites excluding steroid dienone is 1. The first-order chi connectivity index (χ1) is 7.56. The van der Waals surface area contributed by atoms with Crippen LogP contribution in [0, 0.1) is 5.82 Å². The Bertz CT molecular complexity index is 359. The Labute approximate surface area is 100 Å². The molecule has 1 atom stereocenters. The van der Waals surface area contributed by atoms with Crippen molar-refractivity contribution < 1.29 is 4.39 Å². The standard InChI is InChI=1S/C12H16ClFN2/c1-8(2)6-7-11(16-15)12-9(13)4-3-5-10(12)14/h3-5,11,16H,1,6-7,15H2,2H3. The summed E-state index contributed by atoms with van der Waals surface area (Å²) in [4.78, 5) is 0. The minimum atomic E-state index is -0.336. The average molecular weight is 243 g/mol.